The first-order valence-electron chi connectivity index (χ1n) is 8.39. The second kappa shape index (κ2) is 7.38. The average Bonchev–Trinajstić information content (AvgIpc) is 2.92. The SMILES string of the molecule is C[C@@H](CCC(=O)O)NC(=O)OCC1c2ccccc2-c2ccccc21. The van der Waals surface area contributed by atoms with E-state index >= 15 is 0 Å². The summed E-state index contributed by atoms with van der Waals surface area (Å²) in [6, 6.07) is 16.1. The zero-order valence-corrected chi connectivity index (χ0v) is 14.1. The molecular weight excluding hydrogens is 318 g/mol. The number of hydrogen-bond donors (Lipinski definition) is 2. The molecule has 3 rings (SSSR count). The van der Waals surface area contributed by atoms with Gasteiger partial charge in [-0.25, -0.2) is 4.79 Å². The number of nitrogens with one attached hydrogen (secondary N) is 1. The highest BCUT2D eigenvalue weighted by Crippen LogP contribution is 2.44. The van der Waals surface area contributed by atoms with Crippen molar-refractivity contribution >= 4 is 12.1 Å². The molecule has 0 bridgehead atoms. The number of ether oxygens (including phenoxy) is 1. The number of benzene rings is 2. The minimum atomic E-state index is -0.874. The molecule has 0 spiro atoms. The van der Waals surface area contributed by atoms with Gasteiger partial charge in [0, 0.05) is 18.4 Å². The fraction of sp³-hybridized carbons (Fsp3) is 0.300. The van der Waals surface area contributed by atoms with Gasteiger partial charge in [0.1, 0.15) is 6.61 Å². The largest absolute Gasteiger partial charge is 0.481 e. The lowest BCUT2D eigenvalue weighted by Crippen LogP contribution is -2.34. The Labute approximate surface area is 146 Å². The minimum absolute atomic E-state index is 0.0187. The van der Waals surface area contributed by atoms with E-state index in [4.69, 9.17) is 9.84 Å². The maximum atomic E-state index is 12.0. The van der Waals surface area contributed by atoms with Gasteiger partial charge < -0.3 is 15.2 Å². The first-order valence-corrected chi connectivity index (χ1v) is 8.39. The lowest BCUT2D eigenvalue weighted by molar-refractivity contribution is -0.137. The van der Waals surface area contributed by atoms with Crippen LogP contribution in [0, 0.1) is 0 Å². The second-order valence-corrected chi connectivity index (χ2v) is 6.30. The van der Waals surface area contributed by atoms with Crippen molar-refractivity contribution in [1.29, 1.82) is 0 Å². The molecule has 0 saturated heterocycles. The Bertz CT molecular complexity index is 741. The van der Waals surface area contributed by atoms with Crippen LogP contribution in [-0.2, 0) is 9.53 Å². The highest BCUT2D eigenvalue weighted by Gasteiger charge is 2.29. The van der Waals surface area contributed by atoms with Crippen LogP contribution in [0.4, 0.5) is 4.79 Å². The normalized spacial score (nSPS) is 13.6. The number of alkyl carbamates (subject to hydrolysis) is 1. The van der Waals surface area contributed by atoms with E-state index in [0.29, 0.717) is 6.42 Å². The Kier molecular flexibility index (Phi) is 5.03. The Balaban J connectivity index is 1.63. The molecular formula is C20H21NO4. The van der Waals surface area contributed by atoms with Gasteiger partial charge in [-0.1, -0.05) is 48.5 Å². The zero-order valence-electron chi connectivity index (χ0n) is 14.1. The molecule has 0 fully saturated rings. The lowest BCUT2D eigenvalue weighted by Gasteiger charge is -2.16. The van der Waals surface area contributed by atoms with Crippen LogP contribution >= 0.6 is 0 Å². The van der Waals surface area contributed by atoms with Crippen molar-refractivity contribution in [2.75, 3.05) is 6.61 Å². The first-order chi connectivity index (χ1) is 12.1. The molecule has 2 N–H and O–H groups in total. The summed E-state index contributed by atoms with van der Waals surface area (Å²) in [6.45, 7) is 2.02. The molecule has 1 aliphatic rings. The fourth-order valence-corrected chi connectivity index (χ4v) is 3.25. The van der Waals surface area contributed by atoms with Gasteiger partial charge in [-0.05, 0) is 35.6 Å². The molecule has 0 unspecified atom stereocenters. The van der Waals surface area contributed by atoms with Crippen molar-refractivity contribution in [3.63, 3.8) is 0 Å². The molecule has 0 radical (unpaired) electrons. The van der Waals surface area contributed by atoms with Gasteiger partial charge in [-0.3, -0.25) is 4.79 Å². The minimum Gasteiger partial charge on any atom is -0.481 e. The van der Waals surface area contributed by atoms with Crippen molar-refractivity contribution in [1.82, 2.24) is 5.32 Å². The van der Waals surface area contributed by atoms with E-state index in [-0.39, 0.29) is 25.0 Å². The molecule has 5 nitrogen and oxygen atoms in total. The van der Waals surface area contributed by atoms with Crippen LogP contribution < -0.4 is 5.32 Å². The summed E-state index contributed by atoms with van der Waals surface area (Å²) in [4.78, 5) is 22.6. The van der Waals surface area contributed by atoms with Crippen LogP contribution in [0.25, 0.3) is 11.1 Å². The Hall–Kier alpha value is -2.82. The smallest absolute Gasteiger partial charge is 0.407 e. The third kappa shape index (κ3) is 3.82. The molecule has 0 saturated carbocycles. The van der Waals surface area contributed by atoms with E-state index < -0.39 is 12.1 Å². The molecule has 0 heterocycles. The average molecular weight is 339 g/mol. The zero-order chi connectivity index (χ0) is 17.8. The van der Waals surface area contributed by atoms with Gasteiger partial charge >= 0.3 is 12.1 Å². The monoisotopic (exact) mass is 339 g/mol. The number of carboxylic acids is 1. The third-order valence-corrected chi connectivity index (χ3v) is 4.50. The van der Waals surface area contributed by atoms with Crippen LogP contribution in [-0.4, -0.2) is 29.8 Å². The Morgan fingerprint density at radius 2 is 1.64 bits per heavy atom. The highest BCUT2D eigenvalue weighted by atomic mass is 16.5. The maximum Gasteiger partial charge on any atom is 0.407 e. The van der Waals surface area contributed by atoms with E-state index in [0.717, 1.165) is 11.1 Å². The van der Waals surface area contributed by atoms with Gasteiger partial charge in [-0.15, -0.1) is 0 Å². The number of hydrogen-bond acceptors (Lipinski definition) is 3. The molecule has 1 aliphatic carbocycles. The van der Waals surface area contributed by atoms with Gasteiger partial charge in [0.15, 0.2) is 0 Å². The summed E-state index contributed by atoms with van der Waals surface area (Å²) >= 11 is 0. The Morgan fingerprint density at radius 1 is 1.08 bits per heavy atom. The number of rotatable bonds is 6. The van der Waals surface area contributed by atoms with Crippen molar-refractivity contribution in [3.8, 4) is 11.1 Å². The number of carbonyl (C=O) groups excluding carboxylic acids is 1. The number of amides is 1. The van der Waals surface area contributed by atoms with E-state index in [1.165, 1.54) is 11.1 Å². The summed E-state index contributed by atoms with van der Waals surface area (Å²) in [6.07, 6.45) is -0.121. The van der Waals surface area contributed by atoms with Crippen molar-refractivity contribution in [3.05, 3.63) is 59.7 Å². The van der Waals surface area contributed by atoms with Gasteiger partial charge in [-0.2, -0.15) is 0 Å². The van der Waals surface area contributed by atoms with Crippen LogP contribution in [0.1, 0.15) is 36.8 Å². The molecule has 2 aromatic carbocycles. The van der Waals surface area contributed by atoms with E-state index in [2.05, 4.69) is 29.6 Å². The Morgan fingerprint density at radius 3 is 2.20 bits per heavy atom. The quantitative estimate of drug-likeness (QED) is 0.840. The predicted molar refractivity (Wildman–Crippen MR) is 94.5 cm³/mol. The van der Waals surface area contributed by atoms with Crippen LogP contribution in [0.5, 0.6) is 0 Å². The van der Waals surface area contributed by atoms with Crippen molar-refractivity contribution < 1.29 is 19.4 Å². The number of carboxylic acid groups (broad SMARTS) is 1. The summed E-state index contributed by atoms with van der Waals surface area (Å²) in [5, 5.41) is 11.4. The van der Waals surface area contributed by atoms with E-state index in [1.54, 1.807) is 6.92 Å². The van der Waals surface area contributed by atoms with Crippen LogP contribution in [0.3, 0.4) is 0 Å². The molecule has 0 aromatic heterocycles. The molecule has 1 atom stereocenters. The maximum absolute atomic E-state index is 12.0. The third-order valence-electron chi connectivity index (χ3n) is 4.50. The van der Waals surface area contributed by atoms with Crippen LogP contribution in [0.15, 0.2) is 48.5 Å². The van der Waals surface area contributed by atoms with E-state index in [9.17, 15) is 9.59 Å². The van der Waals surface area contributed by atoms with Gasteiger partial charge in [0.25, 0.3) is 0 Å². The molecule has 5 heteroatoms. The second-order valence-electron chi connectivity index (χ2n) is 6.30. The summed E-state index contributed by atoms with van der Waals surface area (Å²) in [5.74, 6) is -0.853. The molecule has 0 aliphatic heterocycles. The van der Waals surface area contributed by atoms with E-state index in [1.807, 2.05) is 24.3 Å². The lowest BCUT2D eigenvalue weighted by atomic mass is 9.98. The standard InChI is InChI=1S/C20H21NO4/c1-13(10-11-19(22)23)21-20(24)25-12-18-16-8-4-2-6-14(16)15-7-3-5-9-17(15)18/h2-9,13,18H,10-12H2,1H3,(H,21,24)(H,22,23)/t13-/m0/s1. The topological polar surface area (TPSA) is 75.6 Å². The van der Waals surface area contributed by atoms with Gasteiger partial charge in [0.2, 0.25) is 0 Å². The van der Waals surface area contributed by atoms with Crippen LogP contribution in [0.2, 0.25) is 0 Å². The van der Waals surface area contributed by atoms with Crippen molar-refractivity contribution in [2.45, 2.75) is 31.7 Å². The van der Waals surface area contributed by atoms with Crippen molar-refractivity contribution in [2.24, 2.45) is 0 Å². The highest BCUT2D eigenvalue weighted by molar-refractivity contribution is 5.79. The number of fused-ring (bicyclic) bond motifs is 3. The molecule has 25 heavy (non-hydrogen) atoms. The first kappa shape index (κ1) is 17.0. The summed E-state index contributed by atoms with van der Waals surface area (Å²) in [7, 11) is 0. The molecule has 2 aromatic rings. The summed E-state index contributed by atoms with van der Waals surface area (Å²) in [5.41, 5.74) is 4.69. The predicted octanol–water partition coefficient (Wildman–Crippen LogP) is 3.78. The summed E-state index contributed by atoms with van der Waals surface area (Å²) < 4.78 is 5.42. The molecule has 1 amide bonds. The number of carbonyl (C=O) groups is 2. The van der Waals surface area contributed by atoms with Gasteiger partial charge in [0.05, 0.1) is 0 Å². The molecule has 130 valence electrons. The number of aliphatic carboxylic acids is 1. The fourth-order valence-electron chi connectivity index (χ4n) is 3.25.